The molecule has 1 aliphatic heterocycles. The Bertz CT molecular complexity index is 1180. The number of thioether (sulfide) groups is 1. The van der Waals surface area contributed by atoms with Gasteiger partial charge in [-0.25, -0.2) is 13.6 Å². The van der Waals surface area contributed by atoms with E-state index < -0.39 is 29.1 Å². The lowest BCUT2D eigenvalue weighted by Gasteiger charge is -2.38. The van der Waals surface area contributed by atoms with Gasteiger partial charge < -0.3 is 9.84 Å². The SMILES string of the molecule is CCOC(=O)C1=C(O)[C@@H](Sc2ccc(Cl)cc2)[C@H](c2ccc(F)cc2)N[C@H]1c1ccc(F)cc1. The Balaban J connectivity index is 1.84. The van der Waals surface area contributed by atoms with Crippen LogP contribution in [-0.2, 0) is 9.53 Å². The number of halogens is 3. The maximum Gasteiger partial charge on any atom is 0.339 e. The molecule has 0 aromatic heterocycles. The number of carbonyl (C=O) groups excluding carboxylic acids is 1. The van der Waals surface area contributed by atoms with Crippen molar-refractivity contribution in [3.63, 3.8) is 0 Å². The Morgan fingerprint density at radius 2 is 1.53 bits per heavy atom. The van der Waals surface area contributed by atoms with E-state index >= 15 is 0 Å². The largest absolute Gasteiger partial charge is 0.510 e. The maximum absolute atomic E-state index is 13.7. The molecule has 0 radical (unpaired) electrons. The number of benzene rings is 3. The minimum atomic E-state index is -0.767. The molecule has 0 saturated heterocycles. The molecule has 3 atom stereocenters. The predicted octanol–water partition coefficient (Wildman–Crippen LogP) is 6.54. The molecule has 34 heavy (non-hydrogen) atoms. The Kier molecular flexibility index (Phi) is 7.56. The highest BCUT2D eigenvalue weighted by atomic mass is 35.5. The van der Waals surface area contributed by atoms with Crippen LogP contribution in [0.5, 0.6) is 0 Å². The number of rotatable bonds is 6. The van der Waals surface area contributed by atoms with Crippen molar-refractivity contribution in [2.45, 2.75) is 29.2 Å². The van der Waals surface area contributed by atoms with Gasteiger partial charge in [-0.2, -0.15) is 0 Å². The van der Waals surface area contributed by atoms with E-state index in [-0.39, 0.29) is 23.8 Å². The Hall–Kier alpha value is -2.87. The summed E-state index contributed by atoms with van der Waals surface area (Å²) in [6.07, 6.45) is 0. The number of nitrogens with one attached hydrogen (secondary N) is 1. The molecule has 0 fully saturated rings. The van der Waals surface area contributed by atoms with Gasteiger partial charge in [0.05, 0.1) is 29.5 Å². The molecule has 0 spiro atoms. The van der Waals surface area contributed by atoms with Gasteiger partial charge in [0.15, 0.2) is 0 Å². The molecule has 0 saturated carbocycles. The number of ether oxygens (including phenoxy) is 1. The summed E-state index contributed by atoms with van der Waals surface area (Å²) >= 11 is 7.35. The van der Waals surface area contributed by atoms with Crippen molar-refractivity contribution in [3.8, 4) is 0 Å². The first-order valence-electron chi connectivity index (χ1n) is 10.7. The zero-order valence-corrected chi connectivity index (χ0v) is 19.7. The molecule has 176 valence electrons. The first-order chi connectivity index (χ1) is 16.4. The molecule has 3 aromatic carbocycles. The number of aliphatic hydroxyl groups excluding tert-OH is 1. The summed E-state index contributed by atoms with van der Waals surface area (Å²) in [4.78, 5) is 13.8. The average Bonchev–Trinajstić information content (AvgIpc) is 2.82. The number of carbonyl (C=O) groups is 1. The van der Waals surface area contributed by atoms with Gasteiger partial charge in [-0.1, -0.05) is 35.9 Å². The second kappa shape index (κ2) is 10.6. The van der Waals surface area contributed by atoms with E-state index in [0.717, 1.165) is 10.5 Å². The van der Waals surface area contributed by atoms with Crippen LogP contribution in [0, 0.1) is 11.6 Å². The monoisotopic (exact) mass is 501 g/mol. The molecule has 2 N–H and O–H groups in total. The molecule has 1 heterocycles. The fourth-order valence-electron chi connectivity index (χ4n) is 3.88. The van der Waals surface area contributed by atoms with Gasteiger partial charge in [0, 0.05) is 9.92 Å². The Morgan fingerprint density at radius 3 is 2.09 bits per heavy atom. The third-order valence-electron chi connectivity index (χ3n) is 5.49. The van der Waals surface area contributed by atoms with E-state index in [2.05, 4.69) is 5.32 Å². The predicted molar refractivity (Wildman–Crippen MR) is 129 cm³/mol. The lowest BCUT2D eigenvalue weighted by Crippen LogP contribution is -2.43. The van der Waals surface area contributed by atoms with Crippen molar-refractivity contribution >= 4 is 29.3 Å². The molecule has 8 heteroatoms. The van der Waals surface area contributed by atoms with Crippen LogP contribution in [0.25, 0.3) is 0 Å². The second-order valence-corrected chi connectivity index (χ2v) is 9.34. The highest BCUT2D eigenvalue weighted by Crippen LogP contribution is 2.44. The van der Waals surface area contributed by atoms with E-state index in [4.69, 9.17) is 16.3 Å². The molecule has 0 unspecified atom stereocenters. The first-order valence-corrected chi connectivity index (χ1v) is 11.9. The van der Waals surface area contributed by atoms with E-state index in [0.29, 0.717) is 10.6 Å². The molecule has 0 aliphatic carbocycles. The normalized spacial score (nSPS) is 20.3. The van der Waals surface area contributed by atoms with Gasteiger partial charge in [-0.05, 0) is 66.6 Å². The molecule has 0 bridgehead atoms. The molecule has 0 amide bonds. The zero-order valence-electron chi connectivity index (χ0n) is 18.2. The lowest BCUT2D eigenvalue weighted by molar-refractivity contribution is -0.139. The van der Waals surface area contributed by atoms with Crippen LogP contribution >= 0.6 is 23.4 Å². The molecule has 4 rings (SSSR count). The average molecular weight is 502 g/mol. The highest BCUT2D eigenvalue weighted by Gasteiger charge is 2.42. The minimum Gasteiger partial charge on any atom is -0.510 e. The van der Waals surface area contributed by atoms with Crippen LogP contribution in [0.2, 0.25) is 5.02 Å². The number of hydrogen-bond donors (Lipinski definition) is 2. The zero-order chi connectivity index (χ0) is 24.2. The highest BCUT2D eigenvalue weighted by molar-refractivity contribution is 8.00. The van der Waals surface area contributed by atoms with Crippen molar-refractivity contribution in [2.75, 3.05) is 6.61 Å². The van der Waals surface area contributed by atoms with Gasteiger partial charge in [-0.15, -0.1) is 11.8 Å². The fraction of sp³-hybridized carbons (Fsp3) is 0.192. The van der Waals surface area contributed by atoms with Crippen LogP contribution in [0.15, 0.2) is 89.0 Å². The van der Waals surface area contributed by atoms with Crippen molar-refractivity contribution < 1.29 is 23.4 Å². The topological polar surface area (TPSA) is 58.6 Å². The standard InChI is InChI=1S/C26H22ClF2NO3S/c1-2-33-26(32)21-22(15-3-9-18(28)10-4-15)30-23(16-5-11-19(29)12-6-16)25(24(21)31)34-20-13-7-17(27)8-14-20/h3-14,22-23,25,30-31H,2H2,1H3/t22-,23-,25-/m0/s1. The number of hydrogen-bond acceptors (Lipinski definition) is 5. The third kappa shape index (κ3) is 5.27. The molecular formula is C26H22ClF2NO3S. The summed E-state index contributed by atoms with van der Waals surface area (Å²) in [5, 5.41) is 14.8. The van der Waals surface area contributed by atoms with Gasteiger partial charge in [-0.3, -0.25) is 5.32 Å². The summed E-state index contributed by atoms with van der Waals surface area (Å²) in [6, 6.07) is 17.5. The van der Waals surface area contributed by atoms with Gasteiger partial charge in [0.25, 0.3) is 0 Å². The van der Waals surface area contributed by atoms with Crippen LogP contribution in [0.4, 0.5) is 8.78 Å². The van der Waals surface area contributed by atoms with Gasteiger partial charge >= 0.3 is 5.97 Å². The maximum atomic E-state index is 13.7. The molecular weight excluding hydrogens is 480 g/mol. The van der Waals surface area contributed by atoms with Crippen LogP contribution < -0.4 is 5.32 Å². The first kappa shape index (κ1) is 24.3. The number of aliphatic hydroxyl groups is 1. The van der Waals surface area contributed by atoms with Gasteiger partial charge in [0.1, 0.15) is 17.4 Å². The summed E-state index contributed by atoms with van der Waals surface area (Å²) in [5.74, 6) is -1.62. The molecule has 4 nitrogen and oxygen atoms in total. The minimum absolute atomic E-state index is 0.0540. The Morgan fingerprint density at radius 1 is 0.971 bits per heavy atom. The number of esters is 1. The van der Waals surface area contributed by atoms with Crippen molar-refractivity contribution in [3.05, 3.63) is 112 Å². The van der Waals surface area contributed by atoms with E-state index in [1.807, 2.05) is 12.1 Å². The molecule has 1 aliphatic rings. The van der Waals surface area contributed by atoms with Gasteiger partial charge in [0.2, 0.25) is 0 Å². The van der Waals surface area contributed by atoms with Crippen LogP contribution in [0.3, 0.4) is 0 Å². The Labute approximate surface area is 205 Å². The summed E-state index contributed by atoms with van der Waals surface area (Å²) in [5.41, 5.74) is 1.35. The van der Waals surface area contributed by atoms with E-state index in [1.54, 1.807) is 43.3 Å². The van der Waals surface area contributed by atoms with E-state index in [9.17, 15) is 18.7 Å². The van der Waals surface area contributed by atoms with E-state index in [1.165, 1.54) is 36.0 Å². The van der Waals surface area contributed by atoms with Crippen molar-refractivity contribution in [1.29, 1.82) is 0 Å². The summed E-state index contributed by atoms with van der Waals surface area (Å²) < 4.78 is 32.5. The second-order valence-electron chi connectivity index (χ2n) is 7.69. The summed E-state index contributed by atoms with van der Waals surface area (Å²) in [6.45, 7) is 1.81. The lowest BCUT2D eigenvalue weighted by atomic mass is 9.87. The third-order valence-corrected chi connectivity index (χ3v) is 7.03. The quantitative estimate of drug-likeness (QED) is 0.375. The van der Waals surface area contributed by atoms with Crippen LogP contribution in [-0.4, -0.2) is 22.9 Å². The smallest absolute Gasteiger partial charge is 0.339 e. The summed E-state index contributed by atoms with van der Waals surface area (Å²) in [7, 11) is 0. The van der Waals surface area contributed by atoms with Crippen molar-refractivity contribution in [2.24, 2.45) is 0 Å². The van der Waals surface area contributed by atoms with Crippen molar-refractivity contribution in [1.82, 2.24) is 5.32 Å². The molecule has 3 aromatic rings. The fourth-order valence-corrected chi connectivity index (χ4v) is 5.21. The van der Waals surface area contributed by atoms with Crippen LogP contribution in [0.1, 0.15) is 30.1 Å².